The predicted octanol–water partition coefficient (Wildman–Crippen LogP) is 0.564. The minimum atomic E-state index is 0.350. The lowest BCUT2D eigenvalue weighted by atomic mass is 10.5. The van der Waals surface area contributed by atoms with Crippen LogP contribution >= 0.6 is 0 Å². The van der Waals surface area contributed by atoms with E-state index >= 15 is 0 Å². The van der Waals surface area contributed by atoms with Crippen LogP contribution in [0.2, 0.25) is 0 Å². The molecule has 17 heavy (non-hydrogen) atoms. The van der Waals surface area contributed by atoms with Gasteiger partial charge in [-0.05, 0) is 13.0 Å². The summed E-state index contributed by atoms with van der Waals surface area (Å²) in [7, 11) is 0. The van der Waals surface area contributed by atoms with Gasteiger partial charge in [-0.25, -0.2) is 0 Å². The normalized spacial score (nSPS) is 10.6. The van der Waals surface area contributed by atoms with Crippen molar-refractivity contribution in [3.8, 4) is 0 Å². The highest BCUT2D eigenvalue weighted by atomic mass is 16.5. The zero-order chi connectivity index (χ0) is 11.9. The van der Waals surface area contributed by atoms with E-state index in [9.17, 15) is 0 Å². The number of aromatic nitrogens is 4. The summed E-state index contributed by atoms with van der Waals surface area (Å²) in [4.78, 5) is 3.86. The van der Waals surface area contributed by atoms with Gasteiger partial charge in [-0.2, -0.15) is 4.98 Å². The monoisotopic (exact) mass is 238 g/mol. The maximum atomic E-state index is 5.35. The van der Waals surface area contributed by atoms with Crippen LogP contribution in [-0.2, 0) is 13.1 Å². The summed E-state index contributed by atoms with van der Waals surface area (Å²) in [6, 6.07) is 0.350. The van der Waals surface area contributed by atoms with E-state index in [0.717, 1.165) is 13.0 Å². The lowest BCUT2D eigenvalue weighted by Crippen LogP contribution is -2.13. The largest absolute Gasteiger partial charge is 0.407 e. The maximum absolute atomic E-state index is 5.35. The van der Waals surface area contributed by atoms with Gasteiger partial charge in [-0.3, -0.25) is 0 Å². The zero-order valence-electron chi connectivity index (χ0n) is 9.51. The Bertz CT molecular complexity index is 426. The van der Waals surface area contributed by atoms with Crippen molar-refractivity contribution in [1.82, 2.24) is 25.7 Å². The molecule has 0 amide bonds. The van der Waals surface area contributed by atoms with E-state index in [2.05, 4.69) is 42.4 Å². The second-order valence-electron chi connectivity index (χ2n) is 3.38. The maximum Gasteiger partial charge on any atom is 0.315 e. The van der Waals surface area contributed by atoms with Crippen molar-refractivity contribution < 1.29 is 8.94 Å². The molecular weight excluding hydrogens is 224 g/mol. The third kappa shape index (κ3) is 3.52. The second-order valence-corrected chi connectivity index (χ2v) is 3.38. The fraction of sp³-hybridized carbons (Fsp3) is 0.556. The summed E-state index contributed by atoms with van der Waals surface area (Å²) >= 11 is 0. The summed E-state index contributed by atoms with van der Waals surface area (Å²) in [5.74, 6) is 1.09. The van der Waals surface area contributed by atoms with Gasteiger partial charge in [0.2, 0.25) is 12.3 Å². The average molecular weight is 238 g/mol. The van der Waals surface area contributed by atoms with Crippen molar-refractivity contribution in [2.24, 2.45) is 0 Å². The van der Waals surface area contributed by atoms with Crippen LogP contribution in [0.15, 0.2) is 15.3 Å². The van der Waals surface area contributed by atoms with E-state index < -0.39 is 0 Å². The summed E-state index contributed by atoms with van der Waals surface area (Å²) in [6.07, 6.45) is 2.34. The molecule has 0 fully saturated rings. The van der Waals surface area contributed by atoms with Crippen LogP contribution in [0.4, 0.5) is 6.01 Å². The molecule has 0 aromatic carbocycles. The lowest BCUT2D eigenvalue weighted by molar-refractivity contribution is 0.410. The SMILES string of the molecule is CCCNCc1nnc(NCc2ncon2)o1. The van der Waals surface area contributed by atoms with Crippen molar-refractivity contribution in [3.63, 3.8) is 0 Å². The van der Waals surface area contributed by atoms with E-state index in [0.29, 0.717) is 30.8 Å². The Morgan fingerprint density at radius 3 is 3.00 bits per heavy atom. The first kappa shape index (κ1) is 11.5. The van der Waals surface area contributed by atoms with Gasteiger partial charge < -0.3 is 19.6 Å². The van der Waals surface area contributed by atoms with E-state index in [-0.39, 0.29) is 0 Å². The first-order valence-electron chi connectivity index (χ1n) is 5.40. The third-order valence-corrected chi connectivity index (χ3v) is 1.97. The molecule has 2 aromatic heterocycles. The summed E-state index contributed by atoms with van der Waals surface area (Å²) < 4.78 is 9.94. The quantitative estimate of drug-likeness (QED) is 0.675. The Hall–Kier alpha value is -1.96. The molecule has 0 aliphatic heterocycles. The van der Waals surface area contributed by atoms with E-state index in [1.165, 1.54) is 6.39 Å². The molecule has 2 aromatic rings. The molecule has 0 aliphatic carbocycles. The highest BCUT2D eigenvalue weighted by Crippen LogP contribution is 2.06. The van der Waals surface area contributed by atoms with E-state index in [1.807, 2.05) is 0 Å². The number of anilines is 1. The van der Waals surface area contributed by atoms with Gasteiger partial charge >= 0.3 is 6.01 Å². The van der Waals surface area contributed by atoms with Crippen LogP contribution < -0.4 is 10.6 Å². The molecule has 0 saturated carbocycles. The number of nitrogens with one attached hydrogen (secondary N) is 2. The topological polar surface area (TPSA) is 102 Å². The number of hydrogen-bond donors (Lipinski definition) is 2. The summed E-state index contributed by atoms with van der Waals surface area (Å²) in [6.45, 7) is 3.98. The average Bonchev–Trinajstić information content (AvgIpc) is 2.98. The first-order chi connectivity index (χ1) is 8.38. The third-order valence-electron chi connectivity index (χ3n) is 1.97. The predicted molar refractivity (Wildman–Crippen MR) is 57.9 cm³/mol. The Balaban J connectivity index is 1.77. The molecule has 8 heteroatoms. The Kier molecular flexibility index (Phi) is 4.03. The van der Waals surface area contributed by atoms with Crippen LogP contribution in [0.1, 0.15) is 25.1 Å². The Labute approximate surface area is 97.8 Å². The van der Waals surface area contributed by atoms with Crippen molar-refractivity contribution in [1.29, 1.82) is 0 Å². The molecule has 2 N–H and O–H groups in total. The molecule has 92 valence electrons. The molecule has 0 saturated heterocycles. The van der Waals surface area contributed by atoms with Crippen molar-refractivity contribution in [2.45, 2.75) is 26.4 Å². The standard InChI is InChI=1S/C9H14N6O2/c1-2-3-10-5-8-13-14-9(17-8)11-4-7-12-6-16-15-7/h6,10H,2-5H2,1H3,(H,11,14). The van der Waals surface area contributed by atoms with Gasteiger partial charge in [0.05, 0.1) is 13.1 Å². The highest BCUT2D eigenvalue weighted by molar-refractivity contribution is 5.17. The van der Waals surface area contributed by atoms with Gasteiger partial charge in [0.25, 0.3) is 0 Å². The fourth-order valence-corrected chi connectivity index (χ4v) is 1.19. The van der Waals surface area contributed by atoms with Crippen molar-refractivity contribution in [2.75, 3.05) is 11.9 Å². The minimum Gasteiger partial charge on any atom is -0.407 e. The van der Waals surface area contributed by atoms with Crippen molar-refractivity contribution in [3.05, 3.63) is 18.1 Å². The van der Waals surface area contributed by atoms with Gasteiger partial charge in [-0.1, -0.05) is 17.2 Å². The van der Waals surface area contributed by atoms with Crippen LogP contribution in [0, 0.1) is 0 Å². The fourth-order valence-electron chi connectivity index (χ4n) is 1.19. The molecular formula is C9H14N6O2. The zero-order valence-corrected chi connectivity index (χ0v) is 9.51. The van der Waals surface area contributed by atoms with Gasteiger partial charge in [0.15, 0.2) is 5.82 Å². The van der Waals surface area contributed by atoms with Crippen LogP contribution in [0.3, 0.4) is 0 Å². The van der Waals surface area contributed by atoms with Gasteiger partial charge in [0.1, 0.15) is 0 Å². The molecule has 0 atom stereocenters. The minimum absolute atomic E-state index is 0.350. The van der Waals surface area contributed by atoms with Crippen molar-refractivity contribution >= 4 is 6.01 Å². The van der Waals surface area contributed by atoms with Gasteiger partial charge in [0, 0.05) is 0 Å². The lowest BCUT2D eigenvalue weighted by Gasteiger charge is -1.97. The number of rotatable bonds is 7. The molecule has 2 heterocycles. The number of nitrogens with zero attached hydrogens (tertiary/aromatic N) is 4. The molecule has 0 spiro atoms. The van der Waals surface area contributed by atoms with Crippen LogP contribution in [-0.4, -0.2) is 26.9 Å². The first-order valence-corrected chi connectivity index (χ1v) is 5.40. The summed E-state index contributed by atoms with van der Waals surface area (Å²) in [5, 5.41) is 17.4. The molecule has 0 unspecified atom stereocenters. The second kappa shape index (κ2) is 5.94. The molecule has 2 rings (SSSR count). The van der Waals surface area contributed by atoms with Crippen LogP contribution in [0.5, 0.6) is 0 Å². The Morgan fingerprint density at radius 2 is 2.24 bits per heavy atom. The number of hydrogen-bond acceptors (Lipinski definition) is 8. The summed E-state index contributed by atoms with van der Waals surface area (Å²) in [5.41, 5.74) is 0. The Morgan fingerprint density at radius 1 is 1.29 bits per heavy atom. The molecule has 0 radical (unpaired) electrons. The highest BCUT2D eigenvalue weighted by Gasteiger charge is 2.06. The van der Waals surface area contributed by atoms with Gasteiger partial charge in [-0.15, -0.1) is 5.10 Å². The van der Waals surface area contributed by atoms with E-state index in [1.54, 1.807) is 0 Å². The van der Waals surface area contributed by atoms with Crippen LogP contribution in [0.25, 0.3) is 0 Å². The van der Waals surface area contributed by atoms with E-state index in [4.69, 9.17) is 4.42 Å². The molecule has 8 nitrogen and oxygen atoms in total. The smallest absolute Gasteiger partial charge is 0.315 e. The molecule has 0 aliphatic rings. The molecule has 0 bridgehead atoms.